The van der Waals surface area contributed by atoms with E-state index in [0.717, 1.165) is 0 Å². The van der Waals surface area contributed by atoms with Crippen LogP contribution in [0.4, 0.5) is 0 Å². The lowest BCUT2D eigenvalue weighted by atomic mass is 9.76. The monoisotopic (exact) mass is 628 g/mol. The fraction of sp³-hybridized carbons (Fsp3) is 0.486. The average Bonchev–Trinajstić information content (AvgIpc) is 2.98. The fourth-order valence-corrected chi connectivity index (χ4v) is 4.48. The summed E-state index contributed by atoms with van der Waals surface area (Å²) in [6.45, 7) is 27.1. The molecule has 2 aromatic rings. The summed E-state index contributed by atoms with van der Waals surface area (Å²) in [6, 6.07) is 3.53. The van der Waals surface area contributed by atoms with Crippen molar-refractivity contribution in [1.82, 2.24) is 0 Å². The minimum atomic E-state index is -0.918. The topological polar surface area (TPSA) is 108 Å². The van der Waals surface area contributed by atoms with E-state index in [9.17, 15) is 9.59 Å². The van der Waals surface area contributed by atoms with Crippen LogP contribution in [0.2, 0.25) is 0 Å². The van der Waals surface area contributed by atoms with Gasteiger partial charge < -0.3 is 37.9 Å². The van der Waals surface area contributed by atoms with Crippen molar-refractivity contribution in [3.05, 3.63) is 47.6 Å². The van der Waals surface area contributed by atoms with Crippen LogP contribution in [0.15, 0.2) is 36.4 Å². The van der Waals surface area contributed by atoms with Crippen molar-refractivity contribution in [2.45, 2.75) is 74.7 Å². The van der Waals surface area contributed by atoms with Crippen molar-refractivity contribution in [3.8, 4) is 46.0 Å². The van der Waals surface area contributed by atoms with Crippen LogP contribution in [0.25, 0.3) is 0 Å². The van der Waals surface area contributed by atoms with Crippen LogP contribution in [0, 0.1) is 0 Å². The van der Waals surface area contributed by atoms with Gasteiger partial charge in [0.25, 0.3) is 0 Å². The molecule has 45 heavy (non-hydrogen) atoms. The number of benzene rings is 2. The molecule has 0 aliphatic carbocycles. The maximum atomic E-state index is 12.7. The molecule has 10 nitrogen and oxygen atoms in total. The van der Waals surface area contributed by atoms with Crippen LogP contribution >= 0.6 is 0 Å². The number of carbonyl (C=O) groups is 2. The molecule has 0 heterocycles. The Morgan fingerprint density at radius 1 is 0.533 bits per heavy atom. The van der Waals surface area contributed by atoms with Crippen molar-refractivity contribution < 1.29 is 47.5 Å². The van der Waals surface area contributed by atoms with Gasteiger partial charge in [-0.2, -0.15) is 0 Å². The summed E-state index contributed by atoms with van der Waals surface area (Å²) >= 11 is 0. The molecule has 0 radical (unpaired) electrons. The zero-order chi connectivity index (χ0) is 33.9. The van der Waals surface area contributed by atoms with Crippen molar-refractivity contribution in [2.24, 2.45) is 0 Å². The largest absolute Gasteiger partial charge is 0.490 e. The SMILES string of the molecule is C=C(C)C(=O)Oc1c(OCC)cc(C(C)(C)c2cc(OCC)c(OC(=O)C(=C)C)c(OCC)c2OCC)c(OCC)c1OCC. The van der Waals surface area contributed by atoms with Gasteiger partial charge >= 0.3 is 11.9 Å². The van der Waals surface area contributed by atoms with Gasteiger partial charge in [-0.25, -0.2) is 9.59 Å². The van der Waals surface area contributed by atoms with Crippen molar-refractivity contribution in [3.63, 3.8) is 0 Å². The van der Waals surface area contributed by atoms with Crippen LogP contribution in [0.5, 0.6) is 46.0 Å². The van der Waals surface area contributed by atoms with E-state index in [4.69, 9.17) is 37.9 Å². The van der Waals surface area contributed by atoms with Crippen LogP contribution < -0.4 is 37.9 Å². The number of ether oxygens (including phenoxy) is 8. The predicted molar refractivity (Wildman–Crippen MR) is 173 cm³/mol. The maximum absolute atomic E-state index is 12.7. The van der Waals surface area contributed by atoms with Crippen LogP contribution in [-0.2, 0) is 15.0 Å². The number of hydrogen-bond donors (Lipinski definition) is 0. The Morgan fingerprint density at radius 2 is 0.822 bits per heavy atom. The van der Waals surface area contributed by atoms with E-state index in [1.807, 2.05) is 55.4 Å². The summed E-state index contributed by atoms with van der Waals surface area (Å²) < 4.78 is 48.1. The highest BCUT2D eigenvalue weighted by atomic mass is 16.6. The molecule has 10 heteroatoms. The third-order valence-electron chi connectivity index (χ3n) is 6.50. The summed E-state index contributed by atoms with van der Waals surface area (Å²) in [5.74, 6) is 0.607. The first-order valence-corrected chi connectivity index (χ1v) is 15.3. The Balaban J connectivity index is 3.12. The predicted octanol–water partition coefficient (Wildman–Crippen LogP) is 7.37. The molecule has 0 aromatic heterocycles. The van der Waals surface area contributed by atoms with E-state index in [0.29, 0.717) is 22.6 Å². The molecular weight excluding hydrogens is 580 g/mol. The normalized spacial score (nSPS) is 10.9. The van der Waals surface area contributed by atoms with Gasteiger partial charge in [0, 0.05) is 27.7 Å². The van der Waals surface area contributed by atoms with E-state index in [1.54, 1.807) is 26.0 Å². The summed E-state index contributed by atoms with van der Waals surface area (Å²) in [5, 5.41) is 0. The standard InChI is InChI=1S/C35H48O10/c1-13-38-25-19-23(27(40-15-3)31(42-17-5)29(25)44-33(36)21(7)8)35(11,12)24-20-26(39-14-2)30(45-34(37)22(9)10)32(43-18-6)28(24)41-16-4/h19-20H,7,9,13-18H2,1-6,8,10-12H3. The second-order valence-corrected chi connectivity index (χ2v) is 10.4. The Hall–Kier alpha value is -4.34. The number of rotatable bonds is 18. The zero-order valence-electron chi connectivity index (χ0n) is 28.4. The molecule has 0 saturated carbocycles. The molecule has 0 bridgehead atoms. The third kappa shape index (κ3) is 8.44. The Labute approximate surface area is 267 Å². The first-order valence-electron chi connectivity index (χ1n) is 15.3. The highest BCUT2D eigenvalue weighted by Gasteiger charge is 2.39. The highest BCUT2D eigenvalue weighted by molar-refractivity contribution is 5.91. The average molecular weight is 629 g/mol. The smallest absolute Gasteiger partial charge is 0.338 e. The molecule has 0 aliphatic rings. The molecule has 0 spiro atoms. The fourth-order valence-electron chi connectivity index (χ4n) is 4.48. The minimum Gasteiger partial charge on any atom is -0.490 e. The van der Waals surface area contributed by atoms with Crippen molar-refractivity contribution in [1.29, 1.82) is 0 Å². The Morgan fingerprint density at radius 3 is 1.09 bits per heavy atom. The number of carbonyl (C=O) groups excluding carboxylic acids is 2. The lowest BCUT2D eigenvalue weighted by molar-refractivity contribution is -0.131. The van der Waals surface area contributed by atoms with Crippen LogP contribution in [-0.4, -0.2) is 51.6 Å². The van der Waals surface area contributed by atoms with E-state index < -0.39 is 17.4 Å². The molecule has 0 amide bonds. The molecule has 0 saturated heterocycles. The van der Waals surface area contributed by atoms with Gasteiger partial charge in [-0.1, -0.05) is 27.0 Å². The molecule has 0 fully saturated rings. The third-order valence-corrected chi connectivity index (χ3v) is 6.50. The molecule has 0 atom stereocenters. The van der Waals surface area contributed by atoms with E-state index in [2.05, 4.69) is 13.2 Å². The van der Waals surface area contributed by atoms with Crippen molar-refractivity contribution >= 4 is 11.9 Å². The van der Waals surface area contributed by atoms with Gasteiger partial charge in [-0.15, -0.1) is 0 Å². The molecular formula is C35H48O10. The molecule has 2 aromatic carbocycles. The Bertz CT molecular complexity index is 1290. The van der Waals surface area contributed by atoms with Crippen LogP contribution in [0.3, 0.4) is 0 Å². The molecule has 0 aliphatic heterocycles. The van der Waals surface area contributed by atoms with Gasteiger partial charge in [0.1, 0.15) is 0 Å². The van der Waals surface area contributed by atoms with Gasteiger partial charge in [0.2, 0.25) is 23.0 Å². The van der Waals surface area contributed by atoms with Gasteiger partial charge in [0.15, 0.2) is 23.0 Å². The molecule has 248 valence electrons. The summed E-state index contributed by atoms with van der Waals surface area (Å²) in [5.41, 5.74) is 0.789. The summed E-state index contributed by atoms with van der Waals surface area (Å²) in [6.07, 6.45) is 0. The highest BCUT2D eigenvalue weighted by Crippen LogP contribution is 2.56. The molecule has 2 rings (SSSR count). The number of hydrogen-bond acceptors (Lipinski definition) is 10. The second-order valence-electron chi connectivity index (χ2n) is 10.4. The first kappa shape index (κ1) is 36.8. The summed E-state index contributed by atoms with van der Waals surface area (Å²) in [4.78, 5) is 25.4. The van der Waals surface area contributed by atoms with Crippen LogP contribution in [0.1, 0.15) is 80.4 Å². The second kappa shape index (κ2) is 16.7. The lowest BCUT2D eigenvalue weighted by Crippen LogP contribution is -2.24. The lowest BCUT2D eigenvalue weighted by Gasteiger charge is -2.33. The van der Waals surface area contributed by atoms with Gasteiger partial charge in [-0.05, 0) is 67.5 Å². The summed E-state index contributed by atoms with van der Waals surface area (Å²) in [7, 11) is 0. The first-order chi connectivity index (χ1) is 21.3. The maximum Gasteiger partial charge on any atom is 0.338 e. The molecule has 0 N–H and O–H groups in total. The van der Waals surface area contributed by atoms with Crippen molar-refractivity contribution in [2.75, 3.05) is 39.6 Å². The van der Waals surface area contributed by atoms with E-state index in [1.165, 1.54) is 0 Å². The van der Waals surface area contributed by atoms with E-state index >= 15 is 0 Å². The Kier molecular flexibility index (Phi) is 13.6. The zero-order valence-corrected chi connectivity index (χ0v) is 28.4. The van der Waals surface area contributed by atoms with E-state index in [-0.39, 0.29) is 85.3 Å². The molecule has 0 unspecified atom stereocenters. The quantitative estimate of drug-likeness (QED) is 0.0943. The minimum absolute atomic E-state index is 0.0896. The van der Waals surface area contributed by atoms with Gasteiger partial charge in [-0.3, -0.25) is 0 Å². The number of esters is 2. The van der Waals surface area contributed by atoms with Gasteiger partial charge in [0.05, 0.1) is 39.6 Å².